The molecule has 0 aliphatic carbocycles. The molecule has 0 spiro atoms. The molecule has 0 amide bonds. The van der Waals surface area contributed by atoms with Gasteiger partial charge in [-0.1, -0.05) is 13.8 Å². The number of hydrogen-bond donors (Lipinski definition) is 1. The second-order valence-electron chi connectivity index (χ2n) is 4.09. The lowest BCUT2D eigenvalue weighted by atomic mass is 10.0. The highest BCUT2D eigenvalue weighted by molar-refractivity contribution is 5.27. The molecule has 1 rings (SSSR count). The van der Waals surface area contributed by atoms with Gasteiger partial charge in [-0.05, 0) is 30.9 Å². The molecule has 0 saturated carbocycles. The number of rotatable bonds is 3. The Morgan fingerprint density at radius 3 is 2.15 bits per heavy atom. The molecule has 13 heavy (non-hydrogen) atoms. The van der Waals surface area contributed by atoms with Crippen LogP contribution in [0.3, 0.4) is 0 Å². The van der Waals surface area contributed by atoms with Crippen molar-refractivity contribution in [3.8, 4) is 0 Å². The van der Waals surface area contributed by atoms with Crippen molar-refractivity contribution in [3.05, 3.63) is 23.5 Å². The molecule has 0 aliphatic rings. The number of nitrogens with zero attached hydrogens (tertiary/aromatic N) is 1. The van der Waals surface area contributed by atoms with E-state index in [0.29, 0.717) is 12.0 Å². The van der Waals surface area contributed by atoms with Crippen LogP contribution in [0.25, 0.3) is 0 Å². The molecule has 0 fully saturated rings. The predicted molar refractivity (Wildman–Crippen MR) is 54.8 cm³/mol. The van der Waals surface area contributed by atoms with E-state index in [4.69, 9.17) is 5.11 Å². The van der Waals surface area contributed by atoms with Gasteiger partial charge in [-0.25, -0.2) is 0 Å². The number of aliphatic hydroxyl groups is 1. The first kappa shape index (κ1) is 10.3. The Bertz CT molecular complexity index is 274. The Balaban J connectivity index is 3.04. The second-order valence-corrected chi connectivity index (χ2v) is 4.09. The summed E-state index contributed by atoms with van der Waals surface area (Å²) < 4.78 is 2.15. The van der Waals surface area contributed by atoms with Gasteiger partial charge in [-0.2, -0.15) is 0 Å². The molecular weight excluding hydrogens is 162 g/mol. The van der Waals surface area contributed by atoms with Crippen molar-refractivity contribution in [1.29, 1.82) is 0 Å². The van der Waals surface area contributed by atoms with E-state index >= 15 is 0 Å². The first-order valence-corrected chi connectivity index (χ1v) is 4.87. The average Bonchev–Trinajstić information content (AvgIpc) is 2.47. The zero-order valence-corrected chi connectivity index (χ0v) is 8.91. The van der Waals surface area contributed by atoms with E-state index in [0.717, 1.165) is 5.56 Å². The van der Waals surface area contributed by atoms with Gasteiger partial charge in [-0.15, -0.1) is 0 Å². The van der Waals surface area contributed by atoms with Gasteiger partial charge in [0.15, 0.2) is 0 Å². The van der Waals surface area contributed by atoms with Crippen molar-refractivity contribution in [1.82, 2.24) is 4.57 Å². The van der Waals surface area contributed by atoms with Crippen molar-refractivity contribution >= 4 is 0 Å². The summed E-state index contributed by atoms with van der Waals surface area (Å²) >= 11 is 0. The molecule has 0 saturated heterocycles. The van der Waals surface area contributed by atoms with Gasteiger partial charge in [0, 0.05) is 18.4 Å². The van der Waals surface area contributed by atoms with Crippen molar-refractivity contribution in [3.63, 3.8) is 0 Å². The van der Waals surface area contributed by atoms with Gasteiger partial charge in [-0.3, -0.25) is 0 Å². The van der Waals surface area contributed by atoms with Crippen LogP contribution in [0.2, 0.25) is 0 Å². The van der Waals surface area contributed by atoms with Crippen LogP contribution in [-0.4, -0.2) is 9.67 Å². The Hall–Kier alpha value is -0.760. The zero-order chi connectivity index (χ0) is 10.0. The molecule has 1 heterocycles. The van der Waals surface area contributed by atoms with Gasteiger partial charge < -0.3 is 9.67 Å². The summed E-state index contributed by atoms with van der Waals surface area (Å²) in [5.41, 5.74) is 2.32. The quantitative estimate of drug-likeness (QED) is 0.762. The standard InChI is InChI=1S/C11H19NO/c1-8(2)11-6-12(9(3)4)5-10(11)7-13/h5-6,8-9,13H,7H2,1-4H3. The van der Waals surface area contributed by atoms with E-state index in [9.17, 15) is 0 Å². The number of aromatic nitrogens is 1. The minimum atomic E-state index is 0.146. The lowest BCUT2D eigenvalue weighted by Crippen LogP contribution is -1.96. The minimum Gasteiger partial charge on any atom is -0.392 e. The summed E-state index contributed by atoms with van der Waals surface area (Å²) in [6, 6.07) is 0.470. The van der Waals surface area contributed by atoms with E-state index in [2.05, 4.69) is 38.5 Å². The maximum absolute atomic E-state index is 9.15. The third-order valence-corrected chi connectivity index (χ3v) is 2.35. The van der Waals surface area contributed by atoms with E-state index < -0.39 is 0 Å². The molecule has 2 nitrogen and oxygen atoms in total. The van der Waals surface area contributed by atoms with Crippen molar-refractivity contribution < 1.29 is 5.11 Å². The first-order chi connectivity index (χ1) is 6.06. The molecule has 1 aromatic rings. The van der Waals surface area contributed by atoms with Crippen LogP contribution in [0.5, 0.6) is 0 Å². The van der Waals surface area contributed by atoms with Gasteiger partial charge in [0.05, 0.1) is 6.61 Å². The fraction of sp³-hybridized carbons (Fsp3) is 0.636. The van der Waals surface area contributed by atoms with Gasteiger partial charge in [0.2, 0.25) is 0 Å². The Labute approximate surface area is 80.2 Å². The summed E-state index contributed by atoms with van der Waals surface area (Å²) in [4.78, 5) is 0. The fourth-order valence-electron chi connectivity index (χ4n) is 1.49. The lowest BCUT2D eigenvalue weighted by Gasteiger charge is -2.06. The molecular formula is C11H19NO. The third kappa shape index (κ3) is 2.13. The van der Waals surface area contributed by atoms with Crippen LogP contribution in [-0.2, 0) is 6.61 Å². The number of aliphatic hydroxyl groups excluding tert-OH is 1. The SMILES string of the molecule is CC(C)c1cn(C(C)C)cc1CO. The van der Waals surface area contributed by atoms with Gasteiger partial charge in [0.1, 0.15) is 0 Å². The van der Waals surface area contributed by atoms with E-state index in [1.165, 1.54) is 5.56 Å². The van der Waals surface area contributed by atoms with E-state index in [1.807, 2.05) is 6.20 Å². The molecule has 0 aromatic carbocycles. The van der Waals surface area contributed by atoms with Crippen LogP contribution in [0.1, 0.15) is 50.8 Å². The molecule has 0 atom stereocenters. The van der Waals surface area contributed by atoms with Crippen LogP contribution >= 0.6 is 0 Å². The van der Waals surface area contributed by atoms with Crippen molar-refractivity contribution in [2.24, 2.45) is 0 Å². The highest BCUT2D eigenvalue weighted by Crippen LogP contribution is 2.22. The van der Waals surface area contributed by atoms with Crippen LogP contribution in [0.15, 0.2) is 12.4 Å². The summed E-state index contributed by atoms with van der Waals surface area (Å²) in [6.07, 6.45) is 4.18. The van der Waals surface area contributed by atoms with E-state index in [1.54, 1.807) is 0 Å². The maximum Gasteiger partial charge on any atom is 0.0699 e. The van der Waals surface area contributed by atoms with Crippen molar-refractivity contribution in [2.75, 3.05) is 0 Å². The fourth-order valence-corrected chi connectivity index (χ4v) is 1.49. The Morgan fingerprint density at radius 1 is 1.23 bits per heavy atom. The highest BCUT2D eigenvalue weighted by atomic mass is 16.3. The number of hydrogen-bond acceptors (Lipinski definition) is 1. The molecule has 0 radical (unpaired) electrons. The molecule has 0 unspecified atom stereocenters. The average molecular weight is 181 g/mol. The smallest absolute Gasteiger partial charge is 0.0699 e. The summed E-state index contributed by atoms with van der Waals surface area (Å²) in [5, 5.41) is 9.15. The highest BCUT2D eigenvalue weighted by Gasteiger charge is 2.10. The van der Waals surface area contributed by atoms with E-state index in [-0.39, 0.29) is 6.61 Å². The predicted octanol–water partition coefficient (Wildman–Crippen LogP) is 2.68. The topological polar surface area (TPSA) is 25.2 Å². The van der Waals surface area contributed by atoms with Crippen LogP contribution in [0, 0.1) is 0 Å². The van der Waals surface area contributed by atoms with Crippen molar-refractivity contribution in [2.45, 2.75) is 46.3 Å². The monoisotopic (exact) mass is 181 g/mol. The van der Waals surface area contributed by atoms with Crippen LogP contribution < -0.4 is 0 Å². The lowest BCUT2D eigenvalue weighted by molar-refractivity contribution is 0.280. The normalized spacial score (nSPS) is 11.6. The largest absolute Gasteiger partial charge is 0.392 e. The van der Waals surface area contributed by atoms with Gasteiger partial charge >= 0.3 is 0 Å². The Kier molecular flexibility index (Phi) is 3.15. The molecule has 0 aliphatic heterocycles. The molecule has 74 valence electrons. The summed E-state index contributed by atoms with van der Waals surface area (Å²) in [5.74, 6) is 0.488. The zero-order valence-electron chi connectivity index (χ0n) is 8.91. The summed E-state index contributed by atoms with van der Waals surface area (Å²) in [6.45, 7) is 8.74. The molecule has 2 heteroatoms. The van der Waals surface area contributed by atoms with Gasteiger partial charge in [0.25, 0.3) is 0 Å². The second kappa shape index (κ2) is 3.97. The maximum atomic E-state index is 9.15. The first-order valence-electron chi connectivity index (χ1n) is 4.87. The van der Waals surface area contributed by atoms with Crippen LogP contribution in [0.4, 0.5) is 0 Å². The molecule has 0 bridgehead atoms. The molecule has 1 aromatic heterocycles. The minimum absolute atomic E-state index is 0.146. The Morgan fingerprint density at radius 2 is 1.85 bits per heavy atom. The molecule has 1 N–H and O–H groups in total. The summed E-state index contributed by atoms with van der Waals surface area (Å²) in [7, 11) is 0. The third-order valence-electron chi connectivity index (χ3n) is 2.35.